The molecule has 2 aromatic carbocycles. The van der Waals surface area contributed by atoms with E-state index in [2.05, 4.69) is 15.5 Å². The normalized spacial score (nSPS) is 11.4. The van der Waals surface area contributed by atoms with Crippen LogP contribution in [-0.4, -0.2) is 54.8 Å². The zero-order chi connectivity index (χ0) is 20.3. The van der Waals surface area contributed by atoms with Gasteiger partial charge in [-0.3, -0.25) is 4.79 Å². The maximum Gasteiger partial charge on any atom is 0.277 e. The number of rotatable bonds is 6. The van der Waals surface area contributed by atoms with E-state index in [0.717, 1.165) is 4.31 Å². The minimum absolute atomic E-state index is 0.0502. The van der Waals surface area contributed by atoms with Gasteiger partial charge in [-0.05, 0) is 30.3 Å². The highest BCUT2D eigenvalue weighted by Crippen LogP contribution is 2.29. The van der Waals surface area contributed by atoms with E-state index in [0.29, 0.717) is 11.4 Å². The Balaban J connectivity index is 1.86. The third-order valence-corrected chi connectivity index (χ3v) is 5.73. The fraction of sp³-hybridized carbons (Fsp3) is 0.167. The Kier molecular flexibility index (Phi) is 5.43. The van der Waals surface area contributed by atoms with E-state index in [1.165, 1.54) is 44.3 Å². The van der Waals surface area contributed by atoms with Crippen LogP contribution < -0.4 is 10.1 Å². The third-order valence-electron chi connectivity index (χ3n) is 3.89. The SMILES string of the molecule is COc1ccc(NC(=O)c2cnn(-c3ccccc3)n2)cc1S(=O)(=O)N(C)C. The molecule has 3 rings (SSSR count). The Hall–Kier alpha value is -3.24. The van der Waals surface area contributed by atoms with Crippen LogP contribution in [0, 0.1) is 0 Å². The molecule has 1 aromatic heterocycles. The van der Waals surface area contributed by atoms with E-state index in [1.54, 1.807) is 6.07 Å². The fourth-order valence-electron chi connectivity index (χ4n) is 2.40. The summed E-state index contributed by atoms with van der Waals surface area (Å²) in [6.45, 7) is 0. The first kappa shape index (κ1) is 19.5. The molecule has 0 bridgehead atoms. The van der Waals surface area contributed by atoms with Crippen LogP contribution in [0.5, 0.6) is 5.75 Å². The van der Waals surface area contributed by atoms with Crippen LogP contribution in [-0.2, 0) is 10.0 Å². The van der Waals surface area contributed by atoms with Crippen LogP contribution in [0.4, 0.5) is 5.69 Å². The number of aromatic nitrogens is 3. The van der Waals surface area contributed by atoms with Crippen molar-refractivity contribution in [2.24, 2.45) is 0 Å². The van der Waals surface area contributed by atoms with Gasteiger partial charge in [-0.1, -0.05) is 18.2 Å². The molecule has 9 nitrogen and oxygen atoms in total. The molecule has 0 atom stereocenters. The second-order valence-corrected chi connectivity index (χ2v) is 8.08. The van der Waals surface area contributed by atoms with Crippen LogP contribution in [0.15, 0.2) is 59.6 Å². The Morgan fingerprint density at radius 1 is 1.14 bits per heavy atom. The van der Waals surface area contributed by atoms with Crippen LogP contribution >= 0.6 is 0 Å². The number of amides is 1. The van der Waals surface area contributed by atoms with Gasteiger partial charge < -0.3 is 10.1 Å². The molecule has 0 aliphatic heterocycles. The Labute approximate surface area is 162 Å². The Bertz CT molecular complexity index is 1090. The topological polar surface area (TPSA) is 106 Å². The van der Waals surface area contributed by atoms with Gasteiger partial charge in [0.05, 0.1) is 19.0 Å². The summed E-state index contributed by atoms with van der Waals surface area (Å²) in [4.78, 5) is 13.8. The molecule has 0 aliphatic rings. The van der Waals surface area contributed by atoms with Gasteiger partial charge in [0.25, 0.3) is 5.91 Å². The number of benzene rings is 2. The number of anilines is 1. The maximum absolute atomic E-state index is 12.5. The van der Waals surface area contributed by atoms with Gasteiger partial charge in [-0.15, -0.1) is 5.10 Å². The number of nitrogens with one attached hydrogen (secondary N) is 1. The molecule has 1 heterocycles. The first-order chi connectivity index (χ1) is 13.3. The molecule has 0 saturated heterocycles. The summed E-state index contributed by atoms with van der Waals surface area (Å²) in [5.74, 6) is -0.331. The molecule has 1 amide bonds. The van der Waals surface area contributed by atoms with Crippen molar-refractivity contribution in [2.75, 3.05) is 26.5 Å². The van der Waals surface area contributed by atoms with Gasteiger partial charge in [-0.2, -0.15) is 9.90 Å². The van der Waals surface area contributed by atoms with E-state index in [1.807, 2.05) is 30.3 Å². The number of ether oxygens (including phenoxy) is 1. The Morgan fingerprint density at radius 2 is 1.86 bits per heavy atom. The molecular weight excluding hydrogens is 382 g/mol. The molecule has 0 fully saturated rings. The zero-order valence-electron chi connectivity index (χ0n) is 15.5. The highest BCUT2D eigenvalue weighted by molar-refractivity contribution is 7.89. The summed E-state index contributed by atoms with van der Waals surface area (Å²) in [6.07, 6.45) is 1.34. The number of carbonyl (C=O) groups is 1. The fourth-order valence-corrected chi connectivity index (χ4v) is 3.48. The van der Waals surface area contributed by atoms with Gasteiger partial charge >= 0.3 is 0 Å². The van der Waals surface area contributed by atoms with Crippen molar-refractivity contribution >= 4 is 21.6 Å². The standard InChI is InChI=1S/C18H19N5O4S/c1-22(2)28(25,26)17-11-13(9-10-16(17)27-3)20-18(24)15-12-19-23(21-15)14-7-5-4-6-8-14/h4-12H,1-3H3,(H,20,24). The van der Waals surface area contributed by atoms with Crippen molar-refractivity contribution in [3.8, 4) is 11.4 Å². The quantitative estimate of drug-likeness (QED) is 0.675. The summed E-state index contributed by atoms with van der Waals surface area (Å²) in [7, 11) is 0.467. The summed E-state index contributed by atoms with van der Waals surface area (Å²) < 4.78 is 31.2. The lowest BCUT2D eigenvalue weighted by atomic mass is 10.3. The van der Waals surface area contributed by atoms with E-state index >= 15 is 0 Å². The minimum Gasteiger partial charge on any atom is -0.495 e. The number of hydrogen-bond donors (Lipinski definition) is 1. The highest BCUT2D eigenvalue weighted by atomic mass is 32.2. The highest BCUT2D eigenvalue weighted by Gasteiger charge is 2.23. The predicted molar refractivity (Wildman–Crippen MR) is 103 cm³/mol. The first-order valence-corrected chi connectivity index (χ1v) is 9.66. The smallest absolute Gasteiger partial charge is 0.277 e. The van der Waals surface area contributed by atoms with Gasteiger partial charge in [0.1, 0.15) is 10.6 Å². The van der Waals surface area contributed by atoms with Gasteiger partial charge in [0.2, 0.25) is 10.0 Å². The number of sulfonamides is 1. The number of para-hydroxylation sites is 1. The largest absolute Gasteiger partial charge is 0.495 e. The van der Waals surface area contributed by atoms with E-state index in [9.17, 15) is 13.2 Å². The van der Waals surface area contributed by atoms with E-state index in [4.69, 9.17) is 4.74 Å². The zero-order valence-corrected chi connectivity index (χ0v) is 16.3. The summed E-state index contributed by atoms with van der Waals surface area (Å²) >= 11 is 0. The molecule has 28 heavy (non-hydrogen) atoms. The number of hydrogen-bond acceptors (Lipinski definition) is 6. The van der Waals surface area contributed by atoms with E-state index < -0.39 is 15.9 Å². The molecule has 146 valence electrons. The van der Waals surface area contributed by atoms with Gasteiger partial charge in [0, 0.05) is 19.8 Å². The number of nitrogens with zero attached hydrogens (tertiary/aromatic N) is 4. The molecule has 0 aliphatic carbocycles. The van der Waals surface area contributed by atoms with Gasteiger partial charge in [-0.25, -0.2) is 12.7 Å². The van der Waals surface area contributed by atoms with Gasteiger partial charge in [0.15, 0.2) is 5.69 Å². The average molecular weight is 401 g/mol. The molecule has 0 radical (unpaired) electrons. The van der Waals surface area contributed by atoms with E-state index in [-0.39, 0.29) is 16.3 Å². The van der Waals surface area contributed by atoms with Crippen molar-refractivity contribution in [1.82, 2.24) is 19.3 Å². The van der Waals surface area contributed by atoms with Crippen LogP contribution in [0.25, 0.3) is 5.69 Å². The van der Waals surface area contributed by atoms with Crippen molar-refractivity contribution in [1.29, 1.82) is 0 Å². The third kappa shape index (κ3) is 3.87. The second kappa shape index (κ2) is 7.79. The Morgan fingerprint density at radius 3 is 2.50 bits per heavy atom. The monoisotopic (exact) mass is 401 g/mol. The van der Waals surface area contributed by atoms with Crippen molar-refractivity contribution in [2.45, 2.75) is 4.90 Å². The van der Waals surface area contributed by atoms with Crippen molar-refractivity contribution in [3.63, 3.8) is 0 Å². The average Bonchev–Trinajstić information content (AvgIpc) is 3.19. The molecule has 0 spiro atoms. The first-order valence-electron chi connectivity index (χ1n) is 8.22. The predicted octanol–water partition coefficient (Wildman–Crippen LogP) is 1.78. The lowest BCUT2D eigenvalue weighted by molar-refractivity contribution is 0.102. The molecule has 0 unspecified atom stereocenters. The molecule has 0 saturated carbocycles. The molecule has 1 N–H and O–H groups in total. The molecule has 10 heteroatoms. The lowest BCUT2D eigenvalue weighted by Gasteiger charge is -2.15. The van der Waals surface area contributed by atoms with Crippen LogP contribution in [0.1, 0.15) is 10.5 Å². The maximum atomic E-state index is 12.5. The second-order valence-electron chi connectivity index (χ2n) is 5.96. The minimum atomic E-state index is -3.75. The van der Waals surface area contributed by atoms with Crippen LogP contribution in [0.3, 0.4) is 0 Å². The summed E-state index contributed by atoms with van der Waals surface area (Å²) in [5.41, 5.74) is 1.10. The van der Waals surface area contributed by atoms with Crippen LogP contribution in [0.2, 0.25) is 0 Å². The van der Waals surface area contributed by atoms with Crippen molar-refractivity contribution < 1.29 is 17.9 Å². The number of carbonyl (C=O) groups excluding carboxylic acids is 1. The summed E-state index contributed by atoms with van der Waals surface area (Å²) in [6, 6.07) is 13.5. The molecular formula is C18H19N5O4S. The number of methoxy groups -OCH3 is 1. The lowest BCUT2D eigenvalue weighted by Crippen LogP contribution is -2.23. The summed E-state index contributed by atoms with van der Waals surface area (Å²) in [5, 5.41) is 10.9. The van der Waals surface area contributed by atoms with Crippen molar-refractivity contribution in [3.05, 3.63) is 60.4 Å². The molecule has 3 aromatic rings.